The summed E-state index contributed by atoms with van der Waals surface area (Å²) in [6.07, 6.45) is -0.556. The molecule has 0 saturated heterocycles. The minimum atomic E-state index is -4.13. The molecule has 18 heavy (non-hydrogen) atoms. The molecular formula is C12H18F3N3. The van der Waals surface area contributed by atoms with Crippen LogP contribution in [0.5, 0.6) is 0 Å². The minimum Gasteiger partial charge on any atom is -0.325 e. The first-order valence-electron chi connectivity index (χ1n) is 6.13. The normalized spacial score (nSPS) is 29.5. The van der Waals surface area contributed by atoms with Crippen LogP contribution >= 0.6 is 0 Å². The molecule has 1 aromatic heterocycles. The van der Waals surface area contributed by atoms with Crippen molar-refractivity contribution < 1.29 is 13.2 Å². The van der Waals surface area contributed by atoms with Crippen LogP contribution in [0.25, 0.3) is 0 Å². The van der Waals surface area contributed by atoms with Crippen LogP contribution in [0.3, 0.4) is 0 Å². The quantitative estimate of drug-likeness (QED) is 0.888. The molecule has 0 bridgehead atoms. The van der Waals surface area contributed by atoms with E-state index in [9.17, 15) is 13.2 Å². The topological polar surface area (TPSA) is 43.8 Å². The lowest BCUT2D eigenvalue weighted by atomic mass is 9.74. The maximum atomic E-state index is 12.8. The molecule has 2 atom stereocenters. The Balaban J connectivity index is 2.06. The van der Waals surface area contributed by atoms with Gasteiger partial charge in [-0.25, -0.2) is 0 Å². The summed E-state index contributed by atoms with van der Waals surface area (Å²) < 4.78 is 39.9. The van der Waals surface area contributed by atoms with Crippen molar-refractivity contribution in [3.63, 3.8) is 0 Å². The van der Waals surface area contributed by atoms with E-state index >= 15 is 0 Å². The molecule has 1 aromatic rings. The first kappa shape index (κ1) is 13.4. The van der Waals surface area contributed by atoms with Crippen LogP contribution in [-0.2, 0) is 13.5 Å². The molecule has 1 heterocycles. The Hall–Kier alpha value is -1.04. The van der Waals surface area contributed by atoms with Gasteiger partial charge in [0.2, 0.25) is 0 Å². The van der Waals surface area contributed by atoms with Gasteiger partial charge in [0.1, 0.15) is 0 Å². The second-order valence-corrected chi connectivity index (χ2v) is 5.35. The van der Waals surface area contributed by atoms with Crippen molar-refractivity contribution in [3.05, 3.63) is 18.0 Å². The highest BCUT2D eigenvalue weighted by molar-refractivity contribution is 5.07. The number of alkyl halides is 3. The number of halogens is 3. The van der Waals surface area contributed by atoms with Gasteiger partial charge in [-0.15, -0.1) is 0 Å². The molecule has 3 nitrogen and oxygen atoms in total. The molecule has 2 rings (SSSR count). The van der Waals surface area contributed by atoms with E-state index in [1.165, 1.54) is 0 Å². The molecule has 0 aromatic carbocycles. The summed E-state index contributed by atoms with van der Waals surface area (Å²) in [6.45, 7) is 0. The lowest BCUT2D eigenvalue weighted by Gasteiger charge is -2.38. The van der Waals surface area contributed by atoms with Gasteiger partial charge in [0.15, 0.2) is 0 Å². The summed E-state index contributed by atoms with van der Waals surface area (Å²) in [6, 6.07) is 1.81. The van der Waals surface area contributed by atoms with E-state index < -0.39 is 17.6 Å². The average Bonchev–Trinajstić information content (AvgIpc) is 2.62. The first-order valence-corrected chi connectivity index (χ1v) is 6.13. The van der Waals surface area contributed by atoms with E-state index in [-0.39, 0.29) is 12.8 Å². The van der Waals surface area contributed by atoms with Gasteiger partial charge in [-0.1, -0.05) is 6.42 Å². The maximum absolute atomic E-state index is 12.8. The van der Waals surface area contributed by atoms with E-state index in [2.05, 4.69) is 5.10 Å². The van der Waals surface area contributed by atoms with Crippen LogP contribution in [0.1, 0.15) is 31.4 Å². The first-order chi connectivity index (χ1) is 8.28. The Labute approximate surface area is 104 Å². The summed E-state index contributed by atoms with van der Waals surface area (Å²) in [5, 5.41) is 4.19. The molecule has 2 N–H and O–H groups in total. The van der Waals surface area contributed by atoms with Gasteiger partial charge in [0.25, 0.3) is 0 Å². The van der Waals surface area contributed by atoms with Crippen LogP contribution in [0.15, 0.2) is 12.3 Å². The predicted molar refractivity (Wildman–Crippen MR) is 61.8 cm³/mol. The molecule has 0 spiro atoms. The molecular weight excluding hydrogens is 243 g/mol. The van der Waals surface area contributed by atoms with Crippen molar-refractivity contribution in [2.75, 3.05) is 0 Å². The molecule has 1 saturated carbocycles. The summed E-state index contributed by atoms with van der Waals surface area (Å²) in [4.78, 5) is 0. The third-order valence-corrected chi connectivity index (χ3v) is 3.65. The highest BCUT2D eigenvalue weighted by atomic mass is 19.4. The summed E-state index contributed by atoms with van der Waals surface area (Å²) in [5.41, 5.74) is 6.13. The molecule has 102 valence electrons. The number of nitrogens with zero attached hydrogens (tertiary/aromatic N) is 2. The molecule has 1 aliphatic carbocycles. The van der Waals surface area contributed by atoms with E-state index in [1.807, 2.05) is 6.07 Å². The highest BCUT2D eigenvalue weighted by Crippen LogP contribution is 2.41. The molecule has 0 amide bonds. The number of aryl methyl sites for hydroxylation is 1. The van der Waals surface area contributed by atoms with E-state index in [0.717, 1.165) is 5.69 Å². The minimum absolute atomic E-state index is 0.00702. The fourth-order valence-corrected chi connectivity index (χ4v) is 2.75. The zero-order chi connectivity index (χ0) is 13.4. The van der Waals surface area contributed by atoms with Gasteiger partial charge in [-0.05, 0) is 25.3 Å². The van der Waals surface area contributed by atoms with Crippen LogP contribution in [0.2, 0.25) is 0 Å². The van der Waals surface area contributed by atoms with E-state index in [1.54, 1.807) is 17.9 Å². The second-order valence-electron chi connectivity index (χ2n) is 5.35. The van der Waals surface area contributed by atoms with Crippen molar-refractivity contribution >= 4 is 0 Å². The monoisotopic (exact) mass is 261 g/mol. The van der Waals surface area contributed by atoms with Gasteiger partial charge < -0.3 is 5.73 Å². The van der Waals surface area contributed by atoms with Crippen LogP contribution in [0, 0.1) is 5.92 Å². The Bertz CT molecular complexity index is 413. The third-order valence-electron chi connectivity index (χ3n) is 3.65. The van der Waals surface area contributed by atoms with Crippen molar-refractivity contribution in [2.24, 2.45) is 18.7 Å². The standard InChI is InChI=1S/C12H18F3N3/c1-18-6-4-10(17-18)8-11(16)5-2-3-9(7-11)12(13,14)15/h4,6,9H,2-3,5,7-8,16H2,1H3. The summed E-state index contributed by atoms with van der Waals surface area (Å²) >= 11 is 0. The average molecular weight is 261 g/mol. The smallest absolute Gasteiger partial charge is 0.325 e. The molecule has 1 fully saturated rings. The fourth-order valence-electron chi connectivity index (χ4n) is 2.75. The molecule has 1 aliphatic rings. The van der Waals surface area contributed by atoms with Crippen molar-refractivity contribution in [1.29, 1.82) is 0 Å². The van der Waals surface area contributed by atoms with Crippen LogP contribution in [0.4, 0.5) is 13.2 Å². The Morgan fingerprint density at radius 3 is 2.83 bits per heavy atom. The zero-order valence-electron chi connectivity index (χ0n) is 10.4. The zero-order valence-corrected chi connectivity index (χ0v) is 10.4. The highest BCUT2D eigenvalue weighted by Gasteiger charge is 2.46. The maximum Gasteiger partial charge on any atom is 0.391 e. The lowest BCUT2D eigenvalue weighted by Crippen LogP contribution is -2.49. The Morgan fingerprint density at radius 2 is 2.28 bits per heavy atom. The van der Waals surface area contributed by atoms with E-state index in [0.29, 0.717) is 19.3 Å². The lowest BCUT2D eigenvalue weighted by molar-refractivity contribution is -0.187. The largest absolute Gasteiger partial charge is 0.391 e. The van der Waals surface area contributed by atoms with Gasteiger partial charge in [-0.2, -0.15) is 18.3 Å². The van der Waals surface area contributed by atoms with E-state index in [4.69, 9.17) is 5.73 Å². The van der Waals surface area contributed by atoms with Gasteiger partial charge >= 0.3 is 6.18 Å². The Kier molecular flexibility index (Phi) is 3.40. The van der Waals surface area contributed by atoms with Gasteiger partial charge in [0, 0.05) is 25.2 Å². The molecule has 0 radical (unpaired) electrons. The van der Waals surface area contributed by atoms with Crippen molar-refractivity contribution in [1.82, 2.24) is 9.78 Å². The van der Waals surface area contributed by atoms with Gasteiger partial charge in [-0.3, -0.25) is 4.68 Å². The van der Waals surface area contributed by atoms with Gasteiger partial charge in [0.05, 0.1) is 11.6 Å². The number of rotatable bonds is 2. The number of hydrogen-bond acceptors (Lipinski definition) is 2. The predicted octanol–water partition coefficient (Wildman–Crippen LogP) is 2.41. The Morgan fingerprint density at radius 1 is 1.56 bits per heavy atom. The van der Waals surface area contributed by atoms with Crippen molar-refractivity contribution in [2.45, 2.75) is 43.8 Å². The fraction of sp³-hybridized carbons (Fsp3) is 0.750. The van der Waals surface area contributed by atoms with Crippen LogP contribution < -0.4 is 5.73 Å². The van der Waals surface area contributed by atoms with Crippen molar-refractivity contribution in [3.8, 4) is 0 Å². The summed E-state index contributed by atoms with van der Waals surface area (Å²) in [5.74, 6) is -1.26. The molecule has 6 heteroatoms. The number of aromatic nitrogens is 2. The number of hydrogen-bond donors (Lipinski definition) is 1. The van der Waals surface area contributed by atoms with Crippen LogP contribution in [-0.4, -0.2) is 21.5 Å². The second kappa shape index (κ2) is 4.57. The molecule has 0 aliphatic heterocycles. The SMILES string of the molecule is Cn1ccc(CC2(N)CCCC(C(F)(F)F)C2)n1. The summed E-state index contributed by atoms with van der Waals surface area (Å²) in [7, 11) is 1.78. The number of nitrogens with two attached hydrogens (primary N) is 1. The third kappa shape index (κ3) is 3.04. The molecule has 2 unspecified atom stereocenters.